The summed E-state index contributed by atoms with van der Waals surface area (Å²) in [5.41, 5.74) is 0. The summed E-state index contributed by atoms with van der Waals surface area (Å²) in [7, 11) is 0. The van der Waals surface area contributed by atoms with Crippen LogP contribution in [-0.4, -0.2) is 10.8 Å². The van der Waals surface area contributed by atoms with Gasteiger partial charge in [-0.1, -0.05) is 0 Å². The van der Waals surface area contributed by atoms with Crippen molar-refractivity contribution in [2.45, 2.75) is 4.90 Å². The highest BCUT2D eigenvalue weighted by Crippen LogP contribution is 2.12. The van der Waals surface area contributed by atoms with Gasteiger partial charge in [0.2, 0.25) is 0 Å². The normalized spacial score (nSPS) is 13.1. The first kappa shape index (κ1) is 8.49. The van der Waals surface area contributed by atoms with Gasteiger partial charge < -0.3 is 4.55 Å². The Morgan fingerprint density at radius 2 is 1.64 bits per heavy atom. The molecule has 0 aliphatic heterocycles. The van der Waals surface area contributed by atoms with E-state index in [1.54, 1.807) is 0 Å². The maximum atomic E-state index is 12.4. The minimum atomic E-state index is -1.33. The fourth-order valence-corrected chi connectivity index (χ4v) is 1.25. The maximum Gasteiger partial charge on any atom is 0.158 e. The number of benzene rings is 1. The maximum absolute atomic E-state index is 12.4. The van der Waals surface area contributed by atoms with Crippen LogP contribution in [0, 0.1) is 11.6 Å². The zero-order valence-electron chi connectivity index (χ0n) is 5.80. The van der Waals surface area contributed by atoms with Crippen LogP contribution >= 0.6 is 0 Å². The van der Waals surface area contributed by atoms with Gasteiger partial charge in [-0.2, -0.15) is 0 Å². The van der Waals surface area contributed by atoms with Gasteiger partial charge in [-0.15, -0.1) is 0 Å². The van der Waals surface area contributed by atoms with Crippen LogP contribution in [0.5, 0.6) is 0 Å². The van der Waals surface area contributed by atoms with Crippen LogP contribution in [0.1, 0.15) is 0 Å². The quantitative estimate of drug-likeness (QED) is 0.597. The molecule has 0 aliphatic carbocycles. The van der Waals surface area contributed by atoms with Crippen LogP contribution in [-0.2, 0) is 11.2 Å². The van der Waals surface area contributed by atoms with Crippen LogP contribution < -0.4 is 0 Å². The highest BCUT2D eigenvalue weighted by molar-refractivity contribution is 7.90. The first-order valence-corrected chi connectivity index (χ1v) is 4.45. The van der Waals surface area contributed by atoms with E-state index in [2.05, 4.69) is 0 Å². The van der Waals surface area contributed by atoms with Gasteiger partial charge >= 0.3 is 0 Å². The van der Waals surface area contributed by atoms with Crippen molar-refractivity contribution in [1.82, 2.24) is 0 Å². The van der Waals surface area contributed by atoms with Crippen LogP contribution in [0.4, 0.5) is 8.78 Å². The summed E-state index contributed by atoms with van der Waals surface area (Å²) >= 11 is -1.33. The lowest BCUT2D eigenvalue weighted by Gasteiger charge is -2.03. The third-order valence-electron chi connectivity index (χ3n) is 1.17. The first-order valence-electron chi connectivity index (χ1n) is 2.89. The fourth-order valence-electron chi connectivity index (χ4n) is 0.694. The molecule has 0 saturated heterocycles. The molecule has 0 amide bonds. The Kier molecular flexibility index (Phi) is 2.46. The minimum Gasteiger partial charge on any atom is -0.612 e. The van der Waals surface area contributed by atoms with E-state index in [1.165, 1.54) is 6.26 Å². The second kappa shape index (κ2) is 3.19. The molecule has 0 heterocycles. The van der Waals surface area contributed by atoms with Gasteiger partial charge in [0.25, 0.3) is 0 Å². The van der Waals surface area contributed by atoms with E-state index < -0.39 is 22.8 Å². The molecule has 1 aromatic carbocycles. The second-order valence-corrected chi connectivity index (χ2v) is 3.44. The highest BCUT2D eigenvalue weighted by Gasteiger charge is 2.07. The average Bonchev–Trinajstić information content (AvgIpc) is 1.85. The van der Waals surface area contributed by atoms with E-state index in [1.807, 2.05) is 0 Å². The van der Waals surface area contributed by atoms with Gasteiger partial charge in [0.1, 0.15) is 17.9 Å². The molecule has 0 unspecified atom stereocenters. The van der Waals surface area contributed by atoms with Gasteiger partial charge in [-0.25, -0.2) is 8.78 Å². The molecule has 11 heavy (non-hydrogen) atoms. The van der Waals surface area contributed by atoms with Crippen molar-refractivity contribution < 1.29 is 13.3 Å². The molecule has 0 bridgehead atoms. The molecule has 1 atom stereocenters. The number of halogens is 2. The lowest BCUT2D eigenvalue weighted by molar-refractivity contribution is 0.569. The molecule has 0 fully saturated rings. The Morgan fingerprint density at radius 3 is 2.00 bits per heavy atom. The summed E-state index contributed by atoms with van der Waals surface area (Å²) in [6.45, 7) is 0. The van der Waals surface area contributed by atoms with Crippen molar-refractivity contribution in [3.8, 4) is 0 Å². The topological polar surface area (TPSA) is 23.1 Å². The Bertz CT molecular complexity index is 242. The van der Waals surface area contributed by atoms with Gasteiger partial charge in [0, 0.05) is 18.2 Å². The summed E-state index contributed by atoms with van der Waals surface area (Å²) in [5, 5.41) is 0. The molecule has 0 aliphatic rings. The highest BCUT2D eigenvalue weighted by atomic mass is 32.2. The summed E-state index contributed by atoms with van der Waals surface area (Å²) in [5.74, 6) is -1.40. The van der Waals surface area contributed by atoms with Crippen molar-refractivity contribution in [3.63, 3.8) is 0 Å². The fraction of sp³-hybridized carbons (Fsp3) is 0.143. The molecule has 1 rings (SSSR count). The number of hydrogen-bond acceptors (Lipinski definition) is 1. The lowest BCUT2D eigenvalue weighted by atomic mass is 10.3. The Labute approximate surface area is 66.2 Å². The number of rotatable bonds is 1. The van der Waals surface area contributed by atoms with Crippen LogP contribution in [0.25, 0.3) is 0 Å². The van der Waals surface area contributed by atoms with Crippen molar-refractivity contribution in [2.24, 2.45) is 0 Å². The minimum absolute atomic E-state index is 0.169. The Morgan fingerprint density at radius 1 is 1.18 bits per heavy atom. The monoisotopic (exact) mass is 176 g/mol. The average molecular weight is 176 g/mol. The summed E-state index contributed by atoms with van der Waals surface area (Å²) in [6.07, 6.45) is 1.37. The van der Waals surface area contributed by atoms with Crippen LogP contribution in [0.3, 0.4) is 0 Å². The zero-order valence-corrected chi connectivity index (χ0v) is 6.62. The van der Waals surface area contributed by atoms with Gasteiger partial charge in [-0.05, 0) is 11.2 Å². The molecule has 0 aromatic heterocycles. The van der Waals surface area contributed by atoms with E-state index in [-0.39, 0.29) is 4.90 Å². The van der Waals surface area contributed by atoms with E-state index in [0.717, 1.165) is 18.2 Å². The van der Waals surface area contributed by atoms with Crippen LogP contribution in [0.15, 0.2) is 23.1 Å². The van der Waals surface area contributed by atoms with E-state index in [9.17, 15) is 13.3 Å². The number of hydrogen-bond donors (Lipinski definition) is 0. The van der Waals surface area contributed by atoms with Crippen molar-refractivity contribution in [1.29, 1.82) is 0 Å². The SMILES string of the molecule is C[S@+]([O-])c1cc(F)cc(F)c1. The summed E-state index contributed by atoms with van der Waals surface area (Å²) < 4.78 is 35.6. The van der Waals surface area contributed by atoms with Crippen molar-refractivity contribution >= 4 is 11.2 Å². The third-order valence-corrected chi connectivity index (χ3v) is 2.07. The zero-order chi connectivity index (χ0) is 8.43. The molecule has 1 aromatic rings. The molecule has 60 valence electrons. The van der Waals surface area contributed by atoms with Gasteiger partial charge in [0.15, 0.2) is 4.90 Å². The molecule has 1 nitrogen and oxygen atoms in total. The Balaban J connectivity index is 3.08. The van der Waals surface area contributed by atoms with Crippen LogP contribution in [0.2, 0.25) is 0 Å². The van der Waals surface area contributed by atoms with Crippen molar-refractivity contribution in [3.05, 3.63) is 29.8 Å². The second-order valence-electron chi connectivity index (χ2n) is 2.06. The van der Waals surface area contributed by atoms with E-state index >= 15 is 0 Å². The standard InChI is InChI=1S/C7H6F2OS/c1-11(10)7-3-5(8)2-6(9)4-7/h2-4H,1H3/t11-/m0/s1. The molecule has 0 saturated carbocycles. The predicted molar refractivity (Wildman–Crippen MR) is 38.7 cm³/mol. The first-order chi connectivity index (χ1) is 5.09. The molecule has 0 radical (unpaired) electrons. The molecule has 0 spiro atoms. The molecule has 4 heteroatoms. The largest absolute Gasteiger partial charge is 0.612 e. The predicted octanol–water partition coefficient (Wildman–Crippen LogP) is 1.70. The van der Waals surface area contributed by atoms with Gasteiger partial charge in [0.05, 0.1) is 0 Å². The third kappa shape index (κ3) is 2.17. The van der Waals surface area contributed by atoms with E-state index in [4.69, 9.17) is 0 Å². The molecule has 0 N–H and O–H groups in total. The van der Waals surface area contributed by atoms with E-state index in [0.29, 0.717) is 0 Å². The molecular weight excluding hydrogens is 170 g/mol. The molecular formula is C7H6F2OS. The van der Waals surface area contributed by atoms with Crippen molar-refractivity contribution in [2.75, 3.05) is 6.26 Å². The lowest BCUT2D eigenvalue weighted by Crippen LogP contribution is -1.98. The van der Waals surface area contributed by atoms with Gasteiger partial charge in [-0.3, -0.25) is 0 Å². The summed E-state index contributed by atoms with van der Waals surface area (Å²) in [4.78, 5) is 0.169. The smallest absolute Gasteiger partial charge is 0.158 e. The summed E-state index contributed by atoms with van der Waals surface area (Å²) in [6, 6.07) is 2.86. The Hall–Kier alpha value is -0.610.